The Morgan fingerprint density at radius 1 is 0.953 bits per heavy atom. The predicted octanol–water partition coefficient (Wildman–Crippen LogP) is 7.43. The third kappa shape index (κ3) is 5.32. The highest BCUT2D eigenvalue weighted by molar-refractivity contribution is 9.10. The minimum absolute atomic E-state index is 0.0586. The van der Waals surface area contributed by atoms with Gasteiger partial charge in [-0.05, 0) is 87.4 Å². The second kappa shape index (κ2) is 11.8. The van der Waals surface area contributed by atoms with Gasteiger partial charge < -0.3 is 9.47 Å². The van der Waals surface area contributed by atoms with Crippen molar-refractivity contribution >= 4 is 55.0 Å². The lowest BCUT2D eigenvalue weighted by Gasteiger charge is -2.31. The summed E-state index contributed by atoms with van der Waals surface area (Å²) in [5, 5.41) is 0. The summed E-state index contributed by atoms with van der Waals surface area (Å²) in [5.41, 5.74) is 7.44. The zero-order valence-corrected chi connectivity index (χ0v) is 27.2. The lowest BCUT2D eigenvalue weighted by atomic mass is 9.83. The van der Waals surface area contributed by atoms with Crippen LogP contribution < -0.4 is 24.4 Å². The number of hydrogen-bond acceptors (Lipinski definition) is 5. The van der Waals surface area contributed by atoms with E-state index in [-0.39, 0.29) is 11.6 Å². The van der Waals surface area contributed by atoms with Crippen molar-refractivity contribution < 1.29 is 9.47 Å². The molecule has 0 fully saturated rings. The summed E-state index contributed by atoms with van der Waals surface area (Å²) in [4.78, 5) is 19.9. The number of para-hydroxylation sites is 1. The van der Waals surface area contributed by atoms with Gasteiger partial charge in [0.05, 0.1) is 27.9 Å². The Hall–Kier alpha value is -3.72. The highest BCUT2D eigenvalue weighted by Gasteiger charge is 2.34. The van der Waals surface area contributed by atoms with Gasteiger partial charge in [-0.1, -0.05) is 87.9 Å². The molecule has 1 aliphatic heterocycles. The maximum absolute atomic E-state index is 14.1. The van der Waals surface area contributed by atoms with Crippen molar-refractivity contribution in [2.75, 3.05) is 7.11 Å². The number of benzene rings is 4. The maximum Gasteiger partial charge on any atom is 0.271 e. The first-order valence-electron chi connectivity index (χ1n) is 13.9. The molecule has 0 bridgehead atoms. The van der Waals surface area contributed by atoms with E-state index in [9.17, 15) is 4.79 Å². The van der Waals surface area contributed by atoms with E-state index in [1.807, 2.05) is 71.3 Å². The summed E-state index contributed by atoms with van der Waals surface area (Å²) in [5.74, 6) is 1.50. The molecule has 0 N–H and O–H groups in total. The molecule has 0 amide bonds. The Labute approximate surface area is 269 Å². The number of thiazole rings is 1. The van der Waals surface area contributed by atoms with Crippen LogP contribution in [0.25, 0.3) is 11.8 Å². The van der Waals surface area contributed by atoms with Crippen molar-refractivity contribution in [3.8, 4) is 11.5 Å². The van der Waals surface area contributed by atoms with Gasteiger partial charge in [-0.25, -0.2) is 4.99 Å². The van der Waals surface area contributed by atoms with Gasteiger partial charge >= 0.3 is 0 Å². The van der Waals surface area contributed by atoms with E-state index in [0.29, 0.717) is 15.9 Å². The number of allylic oxidation sites excluding steroid dienone is 1. The predicted molar refractivity (Wildman–Crippen MR) is 178 cm³/mol. The highest BCUT2D eigenvalue weighted by atomic mass is 79.9. The number of ether oxygens (including phenoxy) is 2. The SMILES string of the molecule is COc1ccccc1[C@H]1C2=C(N=c3s/c(=C/c4ccc(OCc5ccc(Br)cc5)c(Br)c4)c(=O)n31)c1ccccc1CC2. The van der Waals surface area contributed by atoms with Crippen molar-refractivity contribution in [3.63, 3.8) is 0 Å². The Morgan fingerprint density at radius 3 is 2.56 bits per heavy atom. The minimum Gasteiger partial charge on any atom is -0.496 e. The molecule has 214 valence electrons. The molecule has 1 aromatic heterocycles. The second-order valence-electron chi connectivity index (χ2n) is 10.5. The van der Waals surface area contributed by atoms with Crippen molar-refractivity contribution in [2.24, 2.45) is 4.99 Å². The first-order chi connectivity index (χ1) is 21.0. The minimum atomic E-state index is -0.293. The number of hydrogen-bond donors (Lipinski definition) is 0. The molecule has 8 heteroatoms. The molecule has 2 aliphatic rings. The van der Waals surface area contributed by atoms with Gasteiger partial charge in [0.25, 0.3) is 5.56 Å². The summed E-state index contributed by atoms with van der Waals surface area (Å²) >= 11 is 8.55. The van der Waals surface area contributed by atoms with Crippen LogP contribution in [0.15, 0.2) is 115 Å². The summed E-state index contributed by atoms with van der Waals surface area (Å²) in [6.45, 7) is 0.459. The smallest absolute Gasteiger partial charge is 0.271 e. The topological polar surface area (TPSA) is 52.8 Å². The molecular weight excluding hydrogens is 688 g/mol. The van der Waals surface area contributed by atoms with Crippen LogP contribution in [0, 0.1) is 0 Å². The van der Waals surface area contributed by atoms with Crippen LogP contribution in [0.4, 0.5) is 0 Å². The third-order valence-electron chi connectivity index (χ3n) is 7.87. The van der Waals surface area contributed by atoms with Gasteiger partial charge in [0.15, 0.2) is 4.80 Å². The van der Waals surface area contributed by atoms with E-state index in [2.05, 4.69) is 62.2 Å². The summed E-state index contributed by atoms with van der Waals surface area (Å²) in [6.07, 6.45) is 3.67. The molecule has 0 spiro atoms. The number of methoxy groups -OCH3 is 1. The normalized spacial score (nSPS) is 15.8. The molecule has 1 aliphatic carbocycles. The molecule has 5 nitrogen and oxygen atoms in total. The zero-order chi connectivity index (χ0) is 29.5. The van der Waals surface area contributed by atoms with E-state index in [1.54, 1.807) is 7.11 Å². The number of halogens is 2. The molecule has 0 unspecified atom stereocenters. The zero-order valence-electron chi connectivity index (χ0n) is 23.2. The number of nitrogens with zero attached hydrogens (tertiary/aromatic N) is 2. The fourth-order valence-corrected chi connectivity index (χ4v) is 7.58. The standard InChI is InChI=1S/C35H26Br2N2O3S/c1-41-29-9-5-4-8-26(29)33-27-16-13-23-6-2-3-7-25(23)32(27)38-35-39(33)34(40)31(43-35)19-22-12-17-30(28(37)18-22)42-20-21-10-14-24(36)15-11-21/h2-12,14-15,17-19,33H,13,16,20H2,1H3/b31-19+/t33-/m0/s1. The maximum atomic E-state index is 14.1. The Balaban J connectivity index is 1.30. The average molecular weight is 714 g/mol. The molecule has 7 rings (SSSR count). The number of aromatic nitrogens is 1. The summed E-state index contributed by atoms with van der Waals surface area (Å²) < 4.78 is 16.2. The largest absolute Gasteiger partial charge is 0.496 e. The van der Waals surface area contributed by atoms with Crippen LogP contribution in [-0.4, -0.2) is 11.7 Å². The molecule has 2 heterocycles. The second-order valence-corrected chi connectivity index (χ2v) is 13.2. The van der Waals surface area contributed by atoms with Crippen molar-refractivity contribution in [1.29, 1.82) is 0 Å². The first-order valence-corrected chi connectivity index (χ1v) is 16.3. The molecule has 43 heavy (non-hydrogen) atoms. The summed E-state index contributed by atoms with van der Waals surface area (Å²) in [7, 11) is 1.68. The fraction of sp³-hybridized carbons (Fsp3) is 0.143. The van der Waals surface area contributed by atoms with E-state index in [1.165, 1.54) is 16.9 Å². The van der Waals surface area contributed by atoms with Crippen LogP contribution in [0.1, 0.15) is 40.3 Å². The van der Waals surface area contributed by atoms with Gasteiger partial charge in [0, 0.05) is 15.6 Å². The molecule has 1 atom stereocenters. The van der Waals surface area contributed by atoms with Gasteiger partial charge in [-0.2, -0.15) is 0 Å². The van der Waals surface area contributed by atoms with E-state index in [4.69, 9.17) is 14.5 Å². The molecule has 0 saturated carbocycles. The highest BCUT2D eigenvalue weighted by Crippen LogP contribution is 2.43. The molecule has 0 saturated heterocycles. The van der Waals surface area contributed by atoms with Crippen molar-refractivity contribution in [1.82, 2.24) is 4.57 Å². The third-order valence-corrected chi connectivity index (χ3v) is 10.00. The lowest BCUT2D eigenvalue weighted by Crippen LogP contribution is -2.39. The van der Waals surface area contributed by atoms with Gasteiger partial charge in [-0.15, -0.1) is 0 Å². The Morgan fingerprint density at radius 2 is 1.74 bits per heavy atom. The van der Waals surface area contributed by atoms with Gasteiger partial charge in [-0.3, -0.25) is 9.36 Å². The monoisotopic (exact) mass is 712 g/mol. The van der Waals surface area contributed by atoms with E-state index < -0.39 is 0 Å². The van der Waals surface area contributed by atoms with Gasteiger partial charge in [0.1, 0.15) is 18.1 Å². The molecule has 5 aromatic rings. The molecule has 4 aromatic carbocycles. The lowest BCUT2D eigenvalue weighted by molar-refractivity contribution is 0.304. The summed E-state index contributed by atoms with van der Waals surface area (Å²) in [6, 6.07) is 30.1. The first kappa shape index (κ1) is 28.1. The molecule has 0 radical (unpaired) electrons. The number of rotatable bonds is 6. The van der Waals surface area contributed by atoms with Crippen LogP contribution in [0.5, 0.6) is 11.5 Å². The van der Waals surface area contributed by atoms with Crippen LogP contribution >= 0.6 is 43.2 Å². The van der Waals surface area contributed by atoms with Crippen LogP contribution in [0.3, 0.4) is 0 Å². The van der Waals surface area contributed by atoms with Crippen LogP contribution in [0.2, 0.25) is 0 Å². The van der Waals surface area contributed by atoms with E-state index in [0.717, 1.165) is 66.8 Å². The van der Waals surface area contributed by atoms with Crippen molar-refractivity contribution in [2.45, 2.75) is 25.5 Å². The number of fused-ring (bicyclic) bond motifs is 3. The van der Waals surface area contributed by atoms with Crippen LogP contribution in [-0.2, 0) is 13.0 Å². The quantitative estimate of drug-likeness (QED) is 0.184. The molecular formula is C35H26Br2N2O3S. The Bertz CT molecular complexity index is 2080. The fourth-order valence-electron chi connectivity index (χ4n) is 5.81. The number of aryl methyl sites for hydroxylation is 1. The van der Waals surface area contributed by atoms with Gasteiger partial charge in [0.2, 0.25) is 0 Å². The van der Waals surface area contributed by atoms with E-state index >= 15 is 0 Å². The Kier molecular flexibility index (Phi) is 7.67. The average Bonchev–Trinajstić information content (AvgIpc) is 3.34. The van der Waals surface area contributed by atoms with Crippen molar-refractivity contribution in [3.05, 3.63) is 153 Å².